The third kappa shape index (κ3) is 3.80. The molecule has 0 amide bonds. The summed E-state index contributed by atoms with van der Waals surface area (Å²) in [4.78, 5) is 51.8. The van der Waals surface area contributed by atoms with Crippen molar-refractivity contribution in [1.82, 2.24) is 9.13 Å². The number of hydrogen-bond donors (Lipinski definition) is 0. The third-order valence-electron chi connectivity index (χ3n) is 5.88. The minimum atomic E-state index is -0.629. The fourth-order valence-electron chi connectivity index (χ4n) is 3.72. The van der Waals surface area contributed by atoms with Crippen molar-refractivity contribution in [3.05, 3.63) is 101 Å². The van der Waals surface area contributed by atoms with Gasteiger partial charge in [0, 0.05) is 22.6 Å². The molecule has 0 bridgehead atoms. The van der Waals surface area contributed by atoms with Crippen LogP contribution in [-0.4, -0.2) is 19.8 Å². The van der Waals surface area contributed by atoms with Crippen LogP contribution in [0.2, 0.25) is 0 Å². The van der Waals surface area contributed by atoms with E-state index >= 15 is 0 Å². The van der Waals surface area contributed by atoms with E-state index in [-0.39, 0.29) is 17.8 Å². The van der Waals surface area contributed by atoms with Crippen LogP contribution in [0.15, 0.2) is 52.1 Å². The standard InChI is InChI=1S/C24H21N3O5S/c1-13-8-9-18(10-14(13)2)26-22(29)21-15(3)16(4)33-23(21)25(24(26)30)12-20(28)17-6-5-7-19(11-17)27(31)32/h5-11H,12H2,1-4H3. The first-order valence-corrected chi connectivity index (χ1v) is 11.0. The first-order valence-electron chi connectivity index (χ1n) is 10.2. The highest BCUT2D eigenvalue weighted by molar-refractivity contribution is 7.18. The number of rotatable bonds is 5. The van der Waals surface area contributed by atoms with Crippen LogP contribution < -0.4 is 11.2 Å². The second-order valence-corrected chi connectivity index (χ2v) is 9.18. The Kier molecular flexibility index (Phi) is 5.59. The van der Waals surface area contributed by atoms with E-state index in [9.17, 15) is 24.5 Å². The van der Waals surface area contributed by atoms with Crippen LogP contribution in [0.25, 0.3) is 15.9 Å². The number of ketones is 1. The van der Waals surface area contributed by atoms with E-state index in [4.69, 9.17) is 0 Å². The van der Waals surface area contributed by atoms with Crippen LogP contribution in [0.4, 0.5) is 5.69 Å². The summed E-state index contributed by atoms with van der Waals surface area (Å²) in [7, 11) is 0. The summed E-state index contributed by atoms with van der Waals surface area (Å²) in [5, 5.41) is 11.5. The van der Waals surface area contributed by atoms with Crippen LogP contribution in [0.3, 0.4) is 0 Å². The van der Waals surface area contributed by atoms with Crippen LogP contribution in [0.5, 0.6) is 0 Å². The molecule has 0 saturated carbocycles. The van der Waals surface area contributed by atoms with E-state index < -0.39 is 22.0 Å². The highest BCUT2D eigenvalue weighted by atomic mass is 32.1. The molecular weight excluding hydrogens is 442 g/mol. The lowest BCUT2D eigenvalue weighted by molar-refractivity contribution is -0.384. The van der Waals surface area contributed by atoms with E-state index in [0.717, 1.165) is 26.1 Å². The molecule has 2 aromatic carbocycles. The van der Waals surface area contributed by atoms with Crippen molar-refractivity contribution in [2.24, 2.45) is 0 Å². The summed E-state index contributed by atoms with van der Waals surface area (Å²) in [6.07, 6.45) is 0. The predicted molar refractivity (Wildman–Crippen MR) is 128 cm³/mol. The van der Waals surface area contributed by atoms with Gasteiger partial charge in [-0.2, -0.15) is 0 Å². The van der Waals surface area contributed by atoms with Gasteiger partial charge in [0.2, 0.25) is 0 Å². The summed E-state index contributed by atoms with van der Waals surface area (Å²) in [6, 6.07) is 10.7. The molecule has 9 heteroatoms. The number of thiophene rings is 1. The number of carbonyl (C=O) groups excluding carboxylic acids is 1. The largest absolute Gasteiger partial charge is 0.337 e. The van der Waals surface area contributed by atoms with E-state index in [1.165, 1.54) is 40.2 Å². The van der Waals surface area contributed by atoms with Crippen molar-refractivity contribution in [3.63, 3.8) is 0 Å². The Morgan fingerprint density at radius 3 is 2.42 bits per heavy atom. The van der Waals surface area contributed by atoms with Gasteiger partial charge in [-0.3, -0.25) is 24.3 Å². The van der Waals surface area contributed by atoms with E-state index in [1.807, 2.05) is 33.8 Å². The van der Waals surface area contributed by atoms with Gasteiger partial charge in [-0.1, -0.05) is 18.2 Å². The van der Waals surface area contributed by atoms with Crippen LogP contribution in [-0.2, 0) is 6.54 Å². The zero-order valence-corrected chi connectivity index (χ0v) is 19.4. The minimum absolute atomic E-state index is 0.123. The number of aryl methyl sites for hydroxylation is 4. The Hall–Kier alpha value is -3.85. The normalized spacial score (nSPS) is 11.2. The number of carbonyl (C=O) groups is 1. The lowest BCUT2D eigenvalue weighted by atomic mass is 10.1. The zero-order valence-electron chi connectivity index (χ0n) is 18.5. The van der Waals surface area contributed by atoms with E-state index in [2.05, 4.69) is 0 Å². The molecule has 33 heavy (non-hydrogen) atoms. The molecular formula is C24H21N3O5S. The van der Waals surface area contributed by atoms with Crippen molar-refractivity contribution >= 4 is 33.0 Å². The maximum atomic E-state index is 13.5. The molecule has 0 spiro atoms. The highest BCUT2D eigenvalue weighted by Gasteiger charge is 2.22. The predicted octanol–water partition coefficient (Wildman–Crippen LogP) is 4.24. The molecule has 2 aromatic heterocycles. The van der Waals surface area contributed by atoms with Gasteiger partial charge in [0.25, 0.3) is 11.2 Å². The molecule has 0 aliphatic heterocycles. The Bertz CT molecular complexity index is 1580. The average Bonchev–Trinajstić information content (AvgIpc) is 3.08. The van der Waals surface area contributed by atoms with Gasteiger partial charge in [0.05, 0.1) is 22.5 Å². The van der Waals surface area contributed by atoms with E-state index in [0.29, 0.717) is 15.9 Å². The first kappa shape index (κ1) is 22.3. The monoisotopic (exact) mass is 463 g/mol. The van der Waals surface area contributed by atoms with Gasteiger partial charge >= 0.3 is 5.69 Å². The average molecular weight is 464 g/mol. The summed E-state index contributed by atoms with van der Waals surface area (Å²) >= 11 is 1.28. The van der Waals surface area contributed by atoms with Gasteiger partial charge in [-0.05, 0) is 56.5 Å². The Balaban J connectivity index is 1.95. The molecule has 4 rings (SSSR count). The Morgan fingerprint density at radius 1 is 1.03 bits per heavy atom. The minimum Gasteiger partial charge on any atom is -0.292 e. The van der Waals surface area contributed by atoms with Gasteiger partial charge in [-0.25, -0.2) is 9.36 Å². The van der Waals surface area contributed by atoms with Crippen molar-refractivity contribution in [3.8, 4) is 5.69 Å². The molecule has 8 nitrogen and oxygen atoms in total. The highest BCUT2D eigenvalue weighted by Crippen LogP contribution is 2.27. The number of Topliss-reactive ketones (excluding diaryl/α,β-unsaturated/α-hetero) is 1. The van der Waals surface area contributed by atoms with Crippen LogP contribution in [0.1, 0.15) is 31.9 Å². The van der Waals surface area contributed by atoms with Crippen molar-refractivity contribution in [2.75, 3.05) is 0 Å². The molecule has 0 N–H and O–H groups in total. The van der Waals surface area contributed by atoms with Gasteiger partial charge in [0.1, 0.15) is 4.83 Å². The molecule has 4 aromatic rings. The summed E-state index contributed by atoms with van der Waals surface area (Å²) in [5.41, 5.74) is 1.99. The number of benzene rings is 2. The fourth-order valence-corrected chi connectivity index (χ4v) is 4.86. The number of fused-ring (bicyclic) bond motifs is 1. The number of hydrogen-bond acceptors (Lipinski definition) is 6. The number of nitro groups is 1. The molecule has 0 fully saturated rings. The fraction of sp³-hybridized carbons (Fsp3) is 0.208. The van der Waals surface area contributed by atoms with Gasteiger partial charge < -0.3 is 0 Å². The lowest BCUT2D eigenvalue weighted by Crippen LogP contribution is -2.39. The molecule has 0 unspecified atom stereocenters. The molecule has 0 saturated heterocycles. The molecule has 0 radical (unpaired) electrons. The van der Waals surface area contributed by atoms with E-state index in [1.54, 1.807) is 12.1 Å². The molecule has 0 aliphatic rings. The summed E-state index contributed by atoms with van der Waals surface area (Å²) in [6.45, 7) is 7.16. The number of nitrogens with zero attached hydrogens (tertiary/aromatic N) is 3. The van der Waals surface area contributed by atoms with Gasteiger partial charge in [-0.15, -0.1) is 11.3 Å². The second-order valence-electron chi connectivity index (χ2n) is 7.97. The number of aromatic nitrogens is 2. The maximum Gasteiger partial charge on any atom is 0.337 e. The third-order valence-corrected chi connectivity index (χ3v) is 7.11. The smallest absolute Gasteiger partial charge is 0.292 e. The Morgan fingerprint density at radius 2 is 1.76 bits per heavy atom. The van der Waals surface area contributed by atoms with Gasteiger partial charge in [0.15, 0.2) is 5.78 Å². The molecule has 2 heterocycles. The Labute approximate surface area is 192 Å². The van der Waals surface area contributed by atoms with Crippen molar-refractivity contribution in [1.29, 1.82) is 0 Å². The summed E-state index contributed by atoms with van der Waals surface area (Å²) in [5.74, 6) is -0.462. The summed E-state index contributed by atoms with van der Waals surface area (Å²) < 4.78 is 2.38. The first-order chi connectivity index (χ1) is 15.6. The topological polar surface area (TPSA) is 104 Å². The van der Waals surface area contributed by atoms with Crippen LogP contribution in [0, 0.1) is 37.8 Å². The molecule has 0 aliphatic carbocycles. The zero-order chi connectivity index (χ0) is 24.0. The SMILES string of the molecule is Cc1ccc(-n2c(=O)c3c(C)c(C)sc3n(CC(=O)c3cccc([N+](=O)[O-])c3)c2=O)cc1C. The maximum absolute atomic E-state index is 13.5. The second kappa shape index (κ2) is 8.25. The van der Waals surface area contributed by atoms with Crippen molar-refractivity contribution in [2.45, 2.75) is 34.2 Å². The quantitative estimate of drug-likeness (QED) is 0.250. The number of nitro benzene ring substituents is 1. The lowest BCUT2D eigenvalue weighted by Gasteiger charge is -2.13. The molecule has 0 atom stereocenters. The van der Waals surface area contributed by atoms with Crippen LogP contribution >= 0.6 is 11.3 Å². The van der Waals surface area contributed by atoms with Crippen molar-refractivity contribution < 1.29 is 9.72 Å². The molecule has 168 valence electrons. The number of non-ortho nitro benzene ring substituents is 1.